The molecule has 0 heterocycles. The molecule has 2 rings (SSSR count). The summed E-state index contributed by atoms with van der Waals surface area (Å²) in [5.41, 5.74) is 1.16. The summed E-state index contributed by atoms with van der Waals surface area (Å²) in [7, 11) is 3.09. The van der Waals surface area contributed by atoms with Gasteiger partial charge in [0.05, 0.1) is 19.1 Å². The molecule has 0 bridgehead atoms. The maximum atomic E-state index is 11.7. The van der Waals surface area contributed by atoms with E-state index in [9.17, 15) is 4.79 Å². The van der Waals surface area contributed by atoms with Gasteiger partial charge in [-0.2, -0.15) is 0 Å². The predicted octanol–water partition coefficient (Wildman–Crippen LogP) is 2.80. The van der Waals surface area contributed by atoms with Crippen LogP contribution in [0.2, 0.25) is 0 Å². The molecule has 1 aromatic rings. The molecule has 0 amide bonds. The summed E-state index contributed by atoms with van der Waals surface area (Å²) in [6.45, 7) is 2.03. The first-order valence-corrected chi connectivity index (χ1v) is 6.35. The molecule has 1 fully saturated rings. The molecule has 1 aliphatic carbocycles. The largest absolute Gasteiger partial charge is 0.496 e. The van der Waals surface area contributed by atoms with Crippen molar-refractivity contribution in [1.82, 2.24) is 0 Å². The van der Waals surface area contributed by atoms with Crippen molar-refractivity contribution in [2.24, 2.45) is 0 Å². The zero-order valence-corrected chi connectivity index (χ0v) is 11.1. The van der Waals surface area contributed by atoms with Gasteiger partial charge in [-0.1, -0.05) is 6.07 Å². The number of esters is 1. The van der Waals surface area contributed by atoms with Crippen LogP contribution < -0.4 is 4.74 Å². The third-order valence-electron chi connectivity index (χ3n) is 2.89. The van der Waals surface area contributed by atoms with Crippen molar-refractivity contribution in [2.45, 2.75) is 29.4 Å². The lowest BCUT2D eigenvalue weighted by molar-refractivity contribution is -0.140. The molecule has 0 saturated heterocycles. The molecule has 4 heteroatoms. The van der Waals surface area contributed by atoms with E-state index in [-0.39, 0.29) is 10.7 Å². The minimum Gasteiger partial charge on any atom is -0.496 e. The van der Waals surface area contributed by atoms with Crippen LogP contribution in [0.1, 0.15) is 18.4 Å². The second-order valence-corrected chi connectivity index (χ2v) is 5.67. The first-order chi connectivity index (χ1) is 8.11. The number of hydrogen-bond donors (Lipinski definition) is 0. The van der Waals surface area contributed by atoms with Crippen LogP contribution in [-0.4, -0.2) is 24.9 Å². The molecule has 0 atom stereocenters. The maximum absolute atomic E-state index is 11.7. The van der Waals surface area contributed by atoms with Gasteiger partial charge >= 0.3 is 5.97 Å². The van der Waals surface area contributed by atoms with E-state index in [1.54, 1.807) is 18.9 Å². The molecule has 0 aliphatic heterocycles. The molecule has 1 saturated carbocycles. The first kappa shape index (κ1) is 12.3. The van der Waals surface area contributed by atoms with Gasteiger partial charge in [0.25, 0.3) is 0 Å². The van der Waals surface area contributed by atoms with Crippen molar-refractivity contribution in [3.63, 3.8) is 0 Å². The first-order valence-electron chi connectivity index (χ1n) is 5.53. The zero-order chi connectivity index (χ0) is 12.5. The van der Waals surface area contributed by atoms with Crippen LogP contribution in [-0.2, 0) is 9.53 Å². The molecule has 17 heavy (non-hydrogen) atoms. The van der Waals surface area contributed by atoms with Gasteiger partial charge < -0.3 is 9.47 Å². The highest BCUT2D eigenvalue weighted by atomic mass is 32.2. The molecule has 92 valence electrons. The van der Waals surface area contributed by atoms with Crippen molar-refractivity contribution >= 4 is 17.7 Å². The third kappa shape index (κ3) is 2.41. The van der Waals surface area contributed by atoms with E-state index in [1.807, 2.05) is 25.1 Å². The smallest absolute Gasteiger partial charge is 0.322 e. The Morgan fingerprint density at radius 1 is 1.35 bits per heavy atom. The summed E-state index contributed by atoms with van der Waals surface area (Å²) in [5, 5.41) is 0. The number of carbonyl (C=O) groups excluding carboxylic acids is 1. The van der Waals surface area contributed by atoms with Crippen LogP contribution in [0.25, 0.3) is 0 Å². The van der Waals surface area contributed by atoms with Gasteiger partial charge in [-0.25, -0.2) is 0 Å². The molecule has 0 unspecified atom stereocenters. The molecular formula is C13H16O3S. The van der Waals surface area contributed by atoms with Crippen LogP contribution in [0, 0.1) is 6.92 Å². The second kappa shape index (κ2) is 4.61. The Kier molecular flexibility index (Phi) is 3.33. The summed E-state index contributed by atoms with van der Waals surface area (Å²) < 4.78 is 9.79. The van der Waals surface area contributed by atoms with Crippen LogP contribution >= 0.6 is 11.8 Å². The monoisotopic (exact) mass is 252 g/mol. The molecular weight excluding hydrogens is 236 g/mol. The lowest BCUT2D eigenvalue weighted by Crippen LogP contribution is -2.20. The highest BCUT2D eigenvalue weighted by Gasteiger charge is 2.52. The molecule has 1 aromatic carbocycles. The number of rotatable bonds is 4. The van der Waals surface area contributed by atoms with Crippen LogP contribution in [0.3, 0.4) is 0 Å². The molecule has 0 aromatic heterocycles. The number of benzene rings is 1. The Labute approximate surface area is 105 Å². The van der Waals surface area contributed by atoms with Gasteiger partial charge in [-0.15, -0.1) is 11.8 Å². The minimum atomic E-state index is -0.379. The van der Waals surface area contributed by atoms with Gasteiger partial charge in [0, 0.05) is 0 Å². The number of aryl methyl sites for hydroxylation is 1. The van der Waals surface area contributed by atoms with E-state index in [0.717, 1.165) is 29.1 Å². The van der Waals surface area contributed by atoms with Gasteiger partial charge in [0.1, 0.15) is 10.5 Å². The van der Waals surface area contributed by atoms with E-state index in [4.69, 9.17) is 9.47 Å². The summed E-state index contributed by atoms with van der Waals surface area (Å²) >= 11 is 1.56. The van der Waals surface area contributed by atoms with Gasteiger partial charge in [-0.3, -0.25) is 4.79 Å². The van der Waals surface area contributed by atoms with Crippen molar-refractivity contribution in [1.29, 1.82) is 0 Å². The quantitative estimate of drug-likeness (QED) is 0.772. The summed E-state index contributed by atoms with van der Waals surface area (Å²) in [6, 6.07) is 5.98. The number of thioether (sulfide) groups is 1. The number of methoxy groups -OCH3 is 2. The van der Waals surface area contributed by atoms with Gasteiger partial charge in [0.2, 0.25) is 0 Å². The second-order valence-electron chi connectivity index (χ2n) is 4.24. The third-order valence-corrected chi connectivity index (χ3v) is 4.39. The Bertz CT molecular complexity index is 438. The standard InChI is InChI=1S/C13H16O3S/c1-9-4-5-10(15-2)11(8-9)17-13(6-7-13)12(14)16-3/h4-5,8H,6-7H2,1-3H3. The topological polar surface area (TPSA) is 35.5 Å². The molecule has 1 aliphatic rings. The Hall–Kier alpha value is -1.16. The van der Waals surface area contributed by atoms with Crippen molar-refractivity contribution in [3.05, 3.63) is 23.8 Å². The lowest BCUT2D eigenvalue weighted by atomic mass is 10.2. The highest BCUT2D eigenvalue weighted by Crippen LogP contribution is 2.54. The van der Waals surface area contributed by atoms with Crippen LogP contribution in [0.4, 0.5) is 0 Å². The van der Waals surface area contributed by atoms with E-state index >= 15 is 0 Å². The average Bonchev–Trinajstić information content (AvgIpc) is 3.09. The number of hydrogen-bond acceptors (Lipinski definition) is 4. The van der Waals surface area contributed by atoms with Crippen LogP contribution in [0.5, 0.6) is 5.75 Å². The molecule has 0 N–H and O–H groups in total. The van der Waals surface area contributed by atoms with Gasteiger partial charge in [-0.05, 0) is 37.5 Å². The Morgan fingerprint density at radius 3 is 2.59 bits per heavy atom. The number of carbonyl (C=O) groups is 1. The fraction of sp³-hybridized carbons (Fsp3) is 0.462. The van der Waals surface area contributed by atoms with E-state index in [0.29, 0.717) is 0 Å². The maximum Gasteiger partial charge on any atom is 0.322 e. The van der Waals surface area contributed by atoms with Gasteiger partial charge in [0.15, 0.2) is 0 Å². The van der Waals surface area contributed by atoms with Crippen molar-refractivity contribution in [3.8, 4) is 5.75 Å². The Morgan fingerprint density at radius 2 is 2.06 bits per heavy atom. The van der Waals surface area contributed by atoms with E-state index in [1.165, 1.54) is 7.11 Å². The summed E-state index contributed by atoms with van der Waals surface area (Å²) in [4.78, 5) is 12.7. The molecule has 0 radical (unpaired) electrons. The van der Waals surface area contributed by atoms with Crippen molar-refractivity contribution in [2.75, 3.05) is 14.2 Å². The fourth-order valence-electron chi connectivity index (χ4n) is 1.72. The fourth-order valence-corrected chi connectivity index (χ4v) is 3.11. The molecule has 0 spiro atoms. The Balaban J connectivity index is 2.24. The van der Waals surface area contributed by atoms with Crippen molar-refractivity contribution < 1.29 is 14.3 Å². The average molecular weight is 252 g/mol. The summed E-state index contributed by atoms with van der Waals surface area (Å²) in [5.74, 6) is 0.682. The van der Waals surface area contributed by atoms with E-state index < -0.39 is 0 Å². The minimum absolute atomic E-state index is 0.133. The number of ether oxygens (including phenoxy) is 2. The summed E-state index contributed by atoms with van der Waals surface area (Å²) in [6.07, 6.45) is 1.75. The van der Waals surface area contributed by atoms with E-state index in [2.05, 4.69) is 0 Å². The zero-order valence-electron chi connectivity index (χ0n) is 10.3. The predicted molar refractivity (Wildman–Crippen MR) is 67.6 cm³/mol. The highest BCUT2D eigenvalue weighted by molar-refractivity contribution is 8.01. The lowest BCUT2D eigenvalue weighted by Gasteiger charge is -2.15. The normalized spacial score (nSPS) is 16.4. The SMILES string of the molecule is COC(=O)C1(Sc2cc(C)ccc2OC)CC1. The van der Waals surface area contributed by atoms with Crippen LogP contribution in [0.15, 0.2) is 23.1 Å². The molecule has 3 nitrogen and oxygen atoms in total.